The summed E-state index contributed by atoms with van der Waals surface area (Å²) < 4.78 is 46.3. The van der Waals surface area contributed by atoms with Crippen molar-refractivity contribution < 1.29 is 27.7 Å². The summed E-state index contributed by atoms with van der Waals surface area (Å²) in [5, 5.41) is 9.32. The van der Waals surface area contributed by atoms with Gasteiger partial charge in [-0.05, 0) is 17.7 Å². The number of aliphatic hydroxyl groups is 1. The molecule has 0 unspecified atom stereocenters. The molecule has 3 N–H and O–H groups in total. The molecule has 0 spiro atoms. The lowest BCUT2D eigenvalue weighted by Crippen LogP contribution is -2.30. The highest BCUT2D eigenvalue weighted by molar-refractivity contribution is 7.90. The van der Waals surface area contributed by atoms with Crippen LogP contribution in [0.25, 0.3) is 0 Å². The number of rotatable bonds is 11. The van der Waals surface area contributed by atoms with Crippen LogP contribution in [0.4, 0.5) is 5.82 Å². The minimum Gasteiger partial charge on any atom is -0.497 e. The Kier molecular flexibility index (Phi) is 8.06. The SMILES string of the molecule is COc1ccc(Cl)c(Oc2c(NS(=O)(=O)NCc3ccccc3)ncnc2OCCO)c1. The van der Waals surface area contributed by atoms with Crippen LogP contribution in [0.2, 0.25) is 5.02 Å². The monoisotopic (exact) mass is 480 g/mol. The smallest absolute Gasteiger partial charge is 0.300 e. The minimum absolute atomic E-state index is 0.0625. The number of methoxy groups -OCH3 is 1. The number of halogens is 1. The molecule has 0 aliphatic heterocycles. The molecule has 0 amide bonds. The van der Waals surface area contributed by atoms with Gasteiger partial charge in [-0.25, -0.2) is 4.98 Å². The van der Waals surface area contributed by atoms with Crippen molar-refractivity contribution in [2.24, 2.45) is 0 Å². The standard InChI is InChI=1S/C20H21ClN4O6S/c1-29-15-7-8-16(21)17(11-15)31-18-19(22-13-23-20(18)30-10-9-26)25-32(27,28)24-12-14-5-3-2-4-6-14/h2-8,11,13,24,26H,9-10,12H2,1H3,(H,22,23,25). The van der Waals surface area contributed by atoms with Gasteiger partial charge in [-0.3, -0.25) is 4.72 Å². The van der Waals surface area contributed by atoms with E-state index in [-0.39, 0.29) is 48.0 Å². The molecule has 32 heavy (non-hydrogen) atoms. The van der Waals surface area contributed by atoms with Gasteiger partial charge in [0.2, 0.25) is 5.75 Å². The van der Waals surface area contributed by atoms with E-state index in [0.29, 0.717) is 5.75 Å². The van der Waals surface area contributed by atoms with E-state index < -0.39 is 10.2 Å². The second-order valence-corrected chi connectivity index (χ2v) is 8.15. The third kappa shape index (κ3) is 6.44. The average molecular weight is 481 g/mol. The average Bonchev–Trinajstić information content (AvgIpc) is 2.79. The zero-order valence-corrected chi connectivity index (χ0v) is 18.6. The summed E-state index contributed by atoms with van der Waals surface area (Å²) in [7, 11) is -2.56. The van der Waals surface area contributed by atoms with Crippen molar-refractivity contribution in [2.45, 2.75) is 6.54 Å². The van der Waals surface area contributed by atoms with Gasteiger partial charge in [0.05, 0.1) is 18.7 Å². The number of nitrogens with zero attached hydrogens (tertiary/aromatic N) is 2. The quantitative estimate of drug-likeness (QED) is 0.381. The Hall–Kier alpha value is -3.12. The number of ether oxygens (including phenoxy) is 3. The molecule has 3 aromatic rings. The van der Waals surface area contributed by atoms with Crippen LogP contribution in [-0.4, -0.2) is 43.8 Å². The number of anilines is 1. The number of hydrogen-bond acceptors (Lipinski definition) is 8. The molecule has 10 nitrogen and oxygen atoms in total. The summed E-state index contributed by atoms with van der Waals surface area (Å²) in [4.78, 5) is 7.94. The van der Waals surface area contributed by atoms with Crippen molar-refractivity contribution in [1.82, 2.24) is 14.7 Å². The van der Waals surface area contributed by atoms with E-state index in [1.165, 1.54) is 13.2 Å². The highest BCUT2D eigenvalue weighted by Gasteiger charge is 2.21. The number of aromatic nitrogens is 2. The number of benzene rings is 2. The van der Waals surface area contributed by atoms with Crippen LogP contribution < -0.4 is 23.7 Å². The fraction of sp³-hybridized carbons (Fsp3) is 0.200. The Balaban J connectivity index is 1.89. The second-order valence-electron chi connectivity index (χ2n) is 6.24. The molecular weight excluding hydrogens is 460 g/mol. The van der Waals surface area contributed by atoms with E-state index in [2.05, 4.69) is 19.4 Å². The van der Waals surface area contributed by atoms with Gasteiger partial charge in [0.1, 0.15) is 24.4 Å². The Morgan fingerprint density at radius 1 is 1.12 bits per heavy atom. The fourth-order valence-corrected chi connectivity index (χ4v) is 3.49. The normalized spacial score (nSPS) is 11.1. The molecule has 0 bridgehead atoms. The van der Waals surface area contributed by atoms with Crippen molar-refractivity contribution in [2.75, 3.05) is 25.0 Å². The molecule has 0 aliphatic rings. The van der Waals surface area contributed by atoms with E-state index in [0.717, 1.165) is 11.9 Å². The first-order valence-corrected chi connectivity index (χ1v) is 11.2. The largest absolute Gasteiger partial charge is 0.497 e. The van der Waals surface area contributed by atoms with E-state index in [9.17, 15) is 8.42 Å². The molecule has 1 heterocycles. The zero-order valence-electron chi connectivity index (χ0n) is 17.0. The molecule has 0 radical (unpaired) electrons. The van der Waals surface area contributed by atoms with E-state index in [1.807, 2.05) is 6.07 Å². The molecule has 0 atom stereocenters. The van der Waals surface area contributed by atoms with Gasteiger partial charge in [0.25, 0.3) is 5.88 Å². The van der Waals surface area contributed by atoms with Crippen LogP contribution in [0, 0.1) is 0 Å². The van der Waals surface area contributed by atoms with Gasteiger partial charge in [-0.2, -0.15) is 18.1 Å². The van der Waals surface area contributed by atoms with Crippen molar-refractivity contribution in [3.05, 3.63) is 65.4 Å². The molecular formula is C20H21ClN4O6S. The van der Waals surface area contributed by atoms with Crippen LogP contribution in [0.3, 0.4) is 0 Å². The summed E-state index contributed by atoms with van der Waals surface area (Å²) in [5.74, 6) is 0.209. The third-order valence-corrected chi connectivity index (χ3v) is 5.29. The van der Waals surface area contributed by atoms with Crippen LogP contribution in [0.5, 0.6) is 23.1 Å². The number of nitrogens with one attached hydrogen (secondary N) is 2. The summed E-state index contributed by atoms with van der Waals surface area (Å²) in [5.41, 5.74) is 0.771. The topological polar surface area (TPSA) is 132 Å². The molecule has 2 aromatic carbocycles. The molecule has 0 fully saturated rings. The molecule has 12 heteroatoms. The molecule has 0 aliphatic carbocycles. The Labute approximate surface area is 190 Å². The van der Waals surface area contributed by atoms with Gasteiger partial charge in [-0.1, -0.05) is 41.9 Å². The van der Waals surface area contributed by atoms with Crippen LogP contribution in [0.1, 0.15) is 5.56 Å². The first-order valence-electron chi connectivity index (χ1n) is 9.33. The van der Waals surface area contributed by atoms with E-state index in [4.69, 9.17) is 30.9 Å². The Morgan fingerprint density at radius 2 is 1.91 bits per heavy atom. The molecule has 170 valence electrons. The zero-order chi connectivity index (χ0) is 23.0. The summed E-state index contributed by atoms with van der Waals surface area (Å²) in [6.45, 7) is -0.326. The Bertz CT molecular complexity index is 1150. The highest BCUT2D eigenvalue weighted by atomic mass is 35.5. The number of hydrogen-bond donors (Lipinski definition) is 3. The molecule has 1 aromatic heterocycles. The predicted molar refractivity (Wildman–Crippen MR) is 119 cm³/mol. The third-order valence-electron chi connectivity index (χ3n) is 3.99. The predicted octanol–water partition coefficient (Wildman–Crippen LogP) is 2.75. The first kappa shape index (κ1) is 23.5. The maximum absolute atomic E-state index is 12.6. The minimum atomic E-state index is -4.04. The van der Waals surface area contributed by atoms with Gasteiger partial charge >= 0.3 is 10.2 Å². The fourth-order valence-electron chi connectivity index (χ4n) is 2.50. The summed E-state index contributed by atoms with van der Waals surface area (Å²) in [6.07, 6.45) is 1.10. The van der Waals surface area contributed by atoms with Gasteiger partial charge < -0.3 is 19.3 Å². The van der Waals surface area contributed by atoms with E-state index in [1.54, 1.807) is 36.4 Å². The van der Waals surface area contributed by atoms with Gasteiger partial charge in [0.15, 0.2) is 5.82 Å². The van der Waals surface area contributed by atoms with Crippen LogP contribution >= 0.6 is 11.6 Å². The van der Waals surface area contributed by atoms with Gasteiger partial charge in [-0.15, -0.1) is 0 Å². The lowest BCUT2D eigenvalue weighted by atomic mass is 10.2. The molecule has 0 saturated carbocycles. The number of aliphatic hydroxyl groups excluding tert-OH is 1. The van der Waals surface area contributed by atoms with Crippen LogP contribution in [-0.2, 0) is 16.8 Å². The van der Waals surface area contributed by atoms with Crippen molar-refractivity contribution >= 4 is 27.6 Å². The molecule has 3 rings (SSSR count). The van der Waals surface area contributed by atoms with Crippen molar-refractivity contribution in [3.63, 3.8) is 0 Å². The molecule has 0 saturated heterocycles. The lowest BCUT2D eigenvalue weighted by molar-refractivity contribution is 0.192. The summed E-state index contributed by atoms with van der Waals surface area (Å²) in [6, 6.07) is 13.7. The van der Waals surface area contributed by atoms with Gasteiger partial charge in [0, 0.05) is 12.6 Å². The second kappa shape index (κ2) is 11.0. The maximum atomic E-state index is 12.6. The highest BCUT2D eigenvalue weighted by Crippen LogP contribution is 2.39. The maximum Gasteiger partial charge on any atom is 0.300 e. The summed E-state index contributed by atoms with van der Waals surface area (Å²) >= 11 is 6.21. The van der Waals surface area contributed by atoms with Crippen molar-refractivity contribution in [3.8, 4) is 23.1 Å². The van der Waals surface area contributed by atoms with Crippen molar-refractivity contribution in [1.29, 1.82) is 0 Å². The lowest BCUT2D eigenvalue weighted by Gasteiger charge is -2.16. The van der Waals surface area contributed by atoms with E-state index >= 15 is 0 Å². The Morgan fingerprint density at radius 3 is 2.62 bits per heavy atom. The first-order chi connectivity index (χ1) is 15.4. The van der Waals surface area contributed by atoms with Crippen LogP contribution in [0.15, 0.2) is 54.9 Å².